The summed E-state index contributed by atoms with van der Waals surface area (Å²) < 4.78 is 11.0. The average Bonchev–Trinajstić information content (AvgIpc) is 2.54. The molecule has 1 aromatic carbocycles. The molecule has 1 atom stereocenters. The summed E-state index contributed by atoms with van der Waals surface area (Å²) in [6.45, 7) is 4.65. The Morgan fingerprint density at radius 1 is 1.41 bits per heavy atom. The molecule has 0 aliphatic carbocycles. The quantitative estimate of drug-likeness (QED) is 0.871. The van der Waals surface area contributed by atoms with Crippen molar-refractivity contribution in [1.29, 1.82) is 0 Å². The largest absolute Gasteiger partial charge is 0.493 e. The van der Waals surface area contributed by atoms with Gasteiger partial charge >= 0.3 is 0 Å². The summed E-state index contributed by atoms with van der Waals surface area (Å²) in [5, 5.41) is 3.19. The number of benzene rings is 1. The summed E-state index contributed by atoms with van der Waals surface area (Å²) >= 11 is 0. The fourth-order valence-corrected chi connectivity index (χ4v) is 2.87. The van der Waals surface area contributed by atoms with E-state index in [0.717, 1.165) is 31.6 Å². The van der Waals surface area contributed by atoms with Gasteiger partial charge in [0, 0.05) is 13.1 Å². The smallest absolute Gasteiger partial charge is 0.260 e. The SMILES string of the molecule is CNC[C@@H]1CCCN(C(=O)COc2ccc(C)cc2OC)C1. The van der Waals surface area contributed by atoms with Crippen LogP contribution in [0.4, 0.5) is 0 Å². The van der Waals surface area contributed by atoms with Crippen molar-refractivity contribution >= 4 is 5.91 Å². The molecule has 1 N–H and O–H groups in total. The molecule has 122 valence electrons. The number of amides is 1. The number of carbonyl (C=O) groups is 1. The molecule has 5 nitrogen and oxygen atoms in total. The van der Waals surface area contributed by atoms with Gasteiger partial charge in [-0.1, -0.05) is 6.07 Å². The van der Waals surface area contributed by atoms with Crippen LogP contribution >= 0.6 is 0 Å². The van der Waals surface area contributed by atoms with Gasteiger partial charge in [0.1, 0.15) is 0 Å². The van der Waals surface area contributed by atoms with E-state index in [9.17, 15) is 4.79 Å². The van der Waals surface area contributed by atoms with Crippen molar-refractivity contribution in [1.82, 2.24) is 10.2 Å². The number of aryl methyl sites for hydroxylation is 1. The first-order chi connectivity index (χ1) is 10.6. The highest BCUT2D eigenvalue weighted by atomic mass is 16.5. The number of ether oxygens (including phenoxy) is 2. The second-order valence-corrected chi connectivity index (χ2v) is 5.85. The molecular formula is C17H26N2O3. The van der Waals surface area contributed by atoms with Crippen molar-refractivity contribution in [3.05, 3.63) is 23.8 Å². The lowest BCUT2D eigenvalue weighted by molar-refractivity contribution is -0.135. The van der Waals surface area contributed by atoms with Crippen molar-refractivity contribution in [2.24, 2.45) is 5.92 Å². The van der Waals surface area contributed by atoms with E-state index in [0.29, 0.717) is 17.4 Å². The lowest BCUT2D eigenvalue weighted by Gasteiger charge is -2.32. The molecule has 0 spiro atoms. The van der Waals surface area contributed by atoms with Crippen LogP contribution in [0, 0.1) is 12.8 Å². The maximum atomic E-state index is 12.3. The zero-order chi connectivity index (χ0) is 15.9. The molecule has 1 aliphatic rings. The summed E-state index contributed by atoms with van der Waals surface area (Å²) in [4.78, 5) is 14.2. The Kier molecular flexibility index (Phi) is 6.07. The maximum Gasteiger partial charge on any atom is 0.260 e. The van der Waals surface area contributed by atoms with E-state index in [1.807, 2.05) is 37.1 Å². The van der Waals surface area contributed by atoms with Gasteiger partial charge in [0.15, 0.2) is 18.1 Å². The fraction of sp³-hybridized carbons (Fsp3) is 0.588. The molecule has 1 saturated heterocycles. The Balaban J connectivity index is 1.89. The first-order valence-electron chi connectivity index (χ1n) is 7.84. The summed E-state index contributed by atoms with van der Waals surface area (Å²) in [6, 6.07) is 5.71. The van der Waals surface area contributed by atoms with E-state index < -0.39 is 0 Å². The zero-order valence-corrected chi connectivity index (χ0v) is 13.7. The van der Waals surface area contributed by atoms with E-state index in [1.165, 1.54) is 6.42 Å². The minimum atomic E-state index is 0.0448. The summed E-state index contributed by atoms with van der Waals surface area (Å²) in [5.41, 5.74) is 1.10. The van der Waals surface area contributed by atoms with Crippen LogP contribution in [0.5, 0.6) is 11.5 Å². The standard InChI is InChI=1S/C17H26N2O3/c1-13-6-7-15(16(9-13)21-3)22-12-17(20)19-8-4-5-14(11-19)10-18-2/h6-7,9,14,18H,4-5,8,10-12H2,1-3H3/t14-/m0/s1. The molecular weight excluding hydrogens is 280 g/mol. The number of hydrogen-bond acceptors (Lipinski definition) is 4. The highest BCUT2D eigenvalue weighted by molar-refractivity contribution is 5.78. The molecule has 22 heavy (non-hydrogen) atoms. The number of nitrogens with zero attached hydrogens (tertiary/aromatic N) is 1. The Morgan fingerprint density at radius 2 is 2.23 bits per heavy atom. The van der Waals surface area contributed by atoms with Crippen LogP contribution in [0.2, 0.25) is 0 Å². The normalized spacial score (nSPS) is 18.1. The number of rotatable bonds is 6. The molecule has 1 fully saturated rings. The third-order valence-corrected chi connectivity index (χ3v) is 4.03. The molecule has 1 amide bonds. The van der Waals surface area contributed by atoms with Crippen LogP contribution in [-0.4, -0.2) is 51.2 Å². The first kappa shape index (κ1) is 16.6. The molecule has 2 rings (SSSR count). The monoisotopic (exact) mass is 306 g/mol. The maximum absolute atomic E-state index is 12.3. The highest BCUT2D eigenvalue weighted by Gasteiger charge is 2.23. The van der Waals surface area contributed by atoms with Crippen LogP contribution in [0.25, 0.3) is 0 Å². The van der Waals surface area contributed by atoms with Crippen LogP contribution in [0.15, 0.2) is 18.2 Å². The zero-order valence-electron chi connectivity index (χ0n) is 13.7. The van der Waals surface area contributed by atoms with Gasteiger partial charge in [0.25, 0.3) is 5.91 Å². The predicted molar refractivity (Wildman–Crippen MR) is 86.5 cm³/mol. The van der Waals surface area contributed by atoms with Gasteiger partial charge in [-0.05, 0) is 57.0 Å². The molecule has 1 aromatic rings. The fourth-order valence-electron chi connectivity index (χ4n) is 2.87. The number of methoxy groups -OCH3 is 1. The molecule has 0 bridgehead atoms. The Morgan fingerprint density at radius 3 is 2.95 bits per heavy atom. The number of carbonyl (C=O) groups excluding carboxylic acids is 1. The van der Waals surface area contributed by atoms with Gasteiger partial charge in [-0.25, -0.2) is 0 Å². The Bertz CT molecular complexity index is 503. The molecule has 0 radical (unpaired) electrons. The summed E-state index contributed by atoms with van der Waals surface area (Å²) in [5.74, 6) is 1.87. The van der Waals surface area contributed by atoms with Crippen molar-refractivity contribution in [2.75, 3.05) is 40.4 Å². The molecule has 1 aliphatic heterocycles. The van der Waals surface area contributed by atoms with E-state index in [4.69, 9.17) is 9.47 Å². The van der Waals surface area contributed by atoms with Crippen LogP contribution < -0.4 is 14.8 Å². The number of hydrogen-bond donors (Lipinski definition) is 1. The Hall–Kier alpha value is -1.75. The van der Waals surface area contributed by atoms with Crippen LogP contribution in [0.1, 0.15) is 18.4 Å². The average molecular weight is 306 g/mol. The molecule has 0 unspecified atom stereocenters. The van der Waals surface area contributed by atoms with Gasteiger partial charge in [-0.3, -0.25) is 4.79 Å². The molecule has 0 saturated carbocycles. The van der Waals surface area contributed by atoms with Crippen molar-refractivity contribution in [3.63, 3.8) is 0 Å². The number of nitrogens with one attached hydrogen (secondary N) is 1. The third-order valence-electron chi connectivity index (χ3n) is 4.03. The van der Waals surface area contributed by atoms with Gasteiger partial charge in [0.2, 0.25) is 0 Å². The second kappa shape index (κ2) is 8.03. The minimum absolute atomic E-state index is 0.0448. The lowest BCUT2D eigenvalue weighted by atomic mass is 9.98. The lowest BCUT2D eigenvalue weighted by Crippen LogP contribution is -2.44. The molecule has 1 heterocycles. The van der Waals surface area contributed by atoms with E-state index >= 15 is 0 Å². The number of piperidine rings is 1. The van der Waals surface area contributed by atoms with Gasteiger partial charge < -0.3 is 19.7 Å². The predicted octanol–water partition coefficient (Wildman–Crippen LogP) is 1.84. The third kappa shape index (κ3) is 4.37. The van der Waals surface area contributed by atoms with Gasteiger partial charge in [-0.15, -0.1) is 0 Å². The van der Waals surface area contributed by atoms with Crippen molar-refractivity contribution < 1.29 is 14.3 Å². The van der Waals surface area contributed by atoms with Crippen LogP contribution in [-0.2, 0) is 4.79 Å². The first-order valence-corrected chi connectivity index (χ1v) is 7.84. The Labute approximate surface area is 132 Å². The van der Waals surface area contributed by atoms with E-state index in [2.05, 4.69) is 5.32 Å². The highest BCUT2D eigenvalue weighted by Crippen LogP contribution is 2.27. The van der Waals surface area contributed by atoms with E-state index in [1.54, 1.807) is 7.11 Å². The minimum Gasteiger partial charge on any atom is -0.493 e. The van der Waals surface area contributed by atoms with Gasteiger partial charge in [0.05, 0.1) is 7.11 Å². The van der Waals surface area contributed by atoms with Gasteiger partial charge in [-0.2, -0.15) is 0 Å². The summed E-state index contributed by atoms with van der Waals surface area (Å²) in [7, 11) is 3.56. The molecule has 0 aromatic heterocycles. The second-order valence-electron chi connectivity index (χ2n) is 5.85. The van der Waals surface area contributed by atoms with E-state index in [-0.39, 0.29) is 12.5 Å². The summed E-state index contributed by atoms with van der Waals surface area (Å²) in [6.07, 6.45) is 2.24. The molecule has 5 heteroatoms. The topological polar surface area (TPSA) is 50.8 Å². The van der Waals surface area contributed by atoms with Crippen molar-refractivity contribution in [2.45, 2.75) is 19.8 Å². The van der Waals surface area contributed by atoms with Crippen molar-refractivity contribution in [3.8, 4) is 11.5 Å². The number of likely N-dealkylation sites (tertiary alicyclic amines) is 1. The van der Waals surface area contributed by atoms with Crippen LogP contribution in [0.3, 0.4) is 0 Å².